The van der Waals surface area contributed by atoms with Crippen LogP contribution in [-0.4, -0.2) is 67.5 Å². The summed E-state index contributed by atoms with van der Waals surface area (Å²) in [6, 6.07) is 9.70. The highest BCUT2D eigenvalue weighted by atomic mass is 16.4. The van der Waals surface area contributed by atoms with Crippen LogP contribution in [0.5, 0.6) is 0 Å². The summed E-state index contributed by atoms with van der Waals surface area (Å²) in [5, 5.41) is 30.5. The van der Waals surface area contributed by atoms with Gasteiger partial charge in [0.05, 0.1) is 23.9 Å². The van der Waals surface area contributed by atoms with Crippen molar-refractivity contribution < 1.29 is 29.7 Å². The number of aryl methyl sites for hydroxylation is 1. The predicted molar refractivity (Wildman–Crippen MR) is 104 cm³/mol. The second kappa shape index (κ2) is 9.83. The number of benzene rings is 1. The van der Waals surface area contributed by atoms with E-state index < -0.39 is 18.0 Å². The number of rotatable bonds is 4. The van der Waals surface area contributed by atoms with Crippen LogP contribution in [0.2, 0.25) is 0 Å². The number of carbonyl (C=O) groups excluding carboxylic acids is 1. The summed E-state index contributed by atoms with van der Waals surface area (Å²) in [6.07, 6.45) is -0.447. The maximum Gasteiger partial charge on any atom is 0.310 e. The third-order valence-electron chi connectivity index (χ3n) is 5.02. The van der Waals surface area contributed by atoms with Crippen LogP contribution in [0.15, 0.2) is 30.3 Å². The molecule has 1 aliphatic rings. The van der Waals surface area contributed by atoms with Gasteiger partial charge < -0.3 is 20.2 Å². The summed E-state index contributed by atoms with van der Waals surface area (Å²) >= 11 is 0. The Morgan fingerprint density at radius 2 is 1.86 bits per heavy atom. The summed E-state index contributed by atoms with van der Waals surface area (Å²) in [5.41, 5.74) is 3.47. The van der Waals surface area contributed by atoms with Crippen LogP contribution in [-0.2, 0) is 20.8 Å². The lowest BCUT2D eigenvalue weighted by molar-refractivity contribution is -0.151. The molecule has 9 heteroatoms. The zero-order valence-corrected chi connectivity index (χ0v) is 16.4. The van der Waals surface area contributed by atoms with Crippen molar-refractivity contribution in [1.82, 2.24) is 14.7 Å². The van der Waals surface area contributed by atoms with Crippen LogP contribution in [0.25, 0.3) is 5.69 Å². The topological polar surface area (TPSA) is 133 Å². The summed E-state index contributed by atoms with van der Waals surface area (Å²) < 4.78 is 1.82. The van der Waals surface area contributed by atoms with Crippen LogP contribution in [0.3, 0.4) is 0 Å². The third kappa shape index (κ3) is 5.20. The molecule has 156 valence electrons. The number of amides is 1. The second-order valence-corrected chi connectivity index (χ2v) is 6.82. The highest BCUT2D eigenvalue weighted by molar-refractivity contribution is 5.80. The van der Waals surface area contributed by atoms with E-state index >= 15 is 0 Å². The van der Waals surface area contributed by atoms with Crippen molar-refractivity contribution in [3.8, 4) is 5.69 Å². The van der Waals surface area contributed by atoms with Gasteiger partial charge in [-0.2, -0.15) is 5.10 Å². The summed E-state index contributed by atoms with van der Waals surface area (Å²) in [4.78, 5) is 33.8. The highest BCUT2D eigenvalue weighted by Crippen LogP contribution is 2.22. The fourth-order valence-electron chi connectivity index (χ4n) is 3.42. The molecule has 0 aliphatic carbocycles. The van der Waals surface area contributed by atoms with E-state index in [2.05, 4.69) is 5.10 Å². The maximum atomic E-state index is 12.7. The molecule has 1 fully saturated rings. The molecule has 2 heterocycles. The third-order valence-corrected chi connectivity index (χ3v) is 5.02. The lowest BCUT2D eigenvalue weighted by Gasteiger charge is -2.34. The number of hydrogen-bond acceptors (Lipinski definition) is 5. The number of carboxylic acids is 1. The van der Waals surface area contributed by atoms with Gasteiger partial charge >= 0.3 is 5.97 Å². The molecule has 1 aliphatic heterocycles. The van der Waals surface area contributed by atoms with Crippen LogP contribution < -0.4 is 0 Å². The summed E-state index contributed by atoms with van der Waals surface area (Å²) in [5.74, 6) is -2.14. The van der Waals surface area contributed by atoms with Gasteiger partial charge in [-0.25, -0.2) is 4.68 Å². The molecule has 3 N–H and O–H groups in total. The first kappa shape index (κ1) is 22.1. The van der Waals surface area contributed by atoms with Gasteiger partial charge in [-0.15, -0.1) is 0 Å². The number of aliphatic hydroxyl groups is 1. The zero-order chi connectivity index (χ0) is 21.6. The Morgan fingerprint density at radius 3 is 2.45 bits per heavy atom. The Kier molecular flexibility index (Phi) is 7.49. The van der Waals surface area contributed by atoms with Gasteiger partial charge in [-0.3, -0.25) is 14.4 Å². The van der Waals surface area contributed by atoms with Gasteiger partial charge in [0.1, 0.15) is 5.92 Å². The molecule has 0 unspecified atom stereocenters. The van der Waals surface area contributed by atoms with Crippen molar-refractivity contribution in [3.63, 3.8) is 0 Å². The van der Waals surface area contributed by atoms with Gasteiger partial charge in [0.25, 0.3) is 6.47 Å². The first-order valence-electron chi connectivity index (χ1n) is 9.17. The molecular weight excluding hydrogens is 378 g/mol. The van der Waals surface area contributed by atoms with Crippen LogP contribution >= 0.6 is 0 Å². The number of nitrogens with zero attached hydrogens (tertiary/aromatic N) is 3. The number of aromatic nitrogens is 2. The first-order valence-corrected chi connectivity index (χ1v) is 9.17. The molecule has 0 saturated carbocycles. The van der Waals surface area contributed by atoms with E-state index in [0.29, 0.717) is 6.54 Å². The average Bonchev–Trinajstić information content (AvgIpc) is 2.97. The van der Waals surface area contributed by atoms with Crippen molar-refractivity contribution >= 4 is 18.3 Å². The molecule has 9 nitrogen and oxygen atoms in total. The molecule has 0 spiro atoms. The first-order chi connectivity index (χ1) is 13.8. The molecule has 2 aromatic rings. The number of para-hydroxylation sites is 1. The van der Waals surface area contributed by atoms with E-state index in [-0.39, 0.29) is 31.8 Å². The van der Waals surface area contributed by atoms with E-state index in [1.54, 1.807) is 0 Å². The lowest BCUT2D eigenvalue weighted by Crippen LogP contribution is -2.49. The fourth-order valence-corrected chi connectivity index (χ4v) is 3.42. The van der Waals surface area contributed by atoms with E-state index in [4.69, 9.17) is 9.90 Å². The molecule has 1 saturated heterocycles. The Labute approximate surface area is 168 Å². The Bertz CT molecular complexity index is 865. The average molecular weight is 403 g/mol. The fraction of sp³-hybridized carbons (Fsp3) is 0.400. The van der Waals surface area contributed by atoms with Gasteiger partial charge in [0.2, 0.25) is 5.91 Å². The second-order valence-electron chi connectivity index (χ2n) is 6.82. The molecule has 1 amide bonds. The Hall–Kier alpha value is -3.20. The summed E-state index contributed by atoms with van der Waals surface area (Å²) in [7, 11) is 0. The van der Waals surface area contributed by atoms with Crippen LogP contribution in [0.4, 0.5) is 0 Å². The molecule has 3 rings (SSSR count). The van der Waals surface area contributed by atoms with E-state index in [1.165, 1.54) is 4.90 Å². The van der Waals surface area contributed by atoms with Crippen molar-refractivity contribution in [2.75, 3.05) is 13.1 Å². The smallest absolute Gasteiger partial charge is 0.310 e. The van der Waals surface area contributed by atoms with Crippen molar-refractivity contribution in [2.45, 2.75) is 32.8 Å². The van der Waals surface area contributed by atoms with E-state index in [0.717, 1.165) is 22.6 Å². The Morgan fingerprint density at radius 1 is 1.24 bits per heavy atom. The number of piperidine rings is 1. The monoisotopic (exact) mass is 403 g/mol. The van der Waals surface area contributed by atoms with Crippen molar-refractivity contribution in [1.29, 1.82) is 0 Å². The Balaban J connectivity index is 0.000000941. The lowest BCUT2D eigenvalue weighted by atomic mass is 9.94. The van der Waals surface area contributed by atoms with Gasteiger partial charge in [0.15, 0.2) is 0 Å². The molecular formula is C20H25N3O6. The van der Waals surface area contributed by atoms with Crippen molar-refractivity contribution in [3.05, 3.63) is 47.3 Å². The minimum atomic E-state index is -1.07. The minimum absolute atomic E-state index is 0.0419. The number of aliphatic carboxylic acids is 1. The number of hydrogen-bond donors (Lipinski definition) is 3. The quantitative estimate of drug-likeness (QED) is 0.649. The van der Waals surface area contributed by atoms with Gasteiger partial charge in [-0.1, -0.05) is 18.2 Å². The molecule has 29 heavy (non-hydrogen) atoms. The SMILES string of the molecule is Cc1nn(-c2ccccc2)c(C)c1CC(=O)N1CC[C@@H](O)[C@H](C(=O)O)C1.O=CO. The number of carboxylic acid groups (broad SMARTS) is 2. The predicted octanol–water partition coefficient (Wildman–Crippen LogP) is 1.03. The van der Waals surface area contributed by atoms with Gasteiger partial charge in [0, 0.05) is 24.3 Å². The zero-order valence-electron chi connectivity index (χ0n) is 16.4. The maximum absolute atomic E-state index is 12.7. The number of likely N-dealkylation sites (tertiary alicyclic amines) is 1. The largest absolute Gasteiger partial charge is 0.483 e. The number of aliphatic hydroxyl groups excluding tert-OH is 1. The molecule has 1 aromatic heterocycles. The van der Waals surface area contributed by atoms with Gasteiger partial charge in [-0.05, 0) is 32.4 Å². The normalized spacial score (nSPS) is 18.5. The number of carbonyl (C=O) groups is 3. The molecule has 0 bridgehead atoms. The van der Waals surface area contributed by atoms with Crippen LogP contribution in [0.1, 0.15) is 23.4 Å². The van der Waals surface area contributed by atoms with Crippen LogP contribution in [0, 0.1) is 19.8 Å². The highest BCUT2D eigenvalue weighted by Gasteiger charge is 2.35. The standard InChI is InChI=1S/C19H23N3O4.CH2O2/c1-12-15(13(2)22(20-12)14-6-4-3-5-7-14)10-18(24)21-9-8-17(23)16(11-21)19(25)26;2-1-3/h3-7,16-17,23H,8-11H2,1-2H3,(H,25,26);1H,(H,2,3)/t16-,17-;/m1./s1. The minimum Gasteiger partial charge on any atom is -0.483 e. The molecule has 1 aromatic carbocycles. The molecule has 2 atom stereocenters. The van der Waals surface area contributed by atoms with Crippen molar-refractivity contribution in [2.24, 2.45) is 5.92 Å². The summed E-state index contributed by atoms with van der Waals surface area (Å²) in [6.45, 7) is 3.96. The van der Waals surface area contributed by atoms with E-state index in [1.807, 2.05) is 48.9 Å². The van der Waals surface area contributed by atoms with E-state index in [9.17, 15) is 19.8 Å². The molecule has 0 radical (unpaired) electrons.